The zero-order chi connectivity index (χ0) is 9.52. The average molecular weight is 200 g/mol. The molecule has 0 bridgehead atoms. The molecule has 3 heteroatoms. The first-order valence-corrected chi connectivity index (χ1v) is 4.47. The molecule has 1 aromatic carbocycles. The standard InChI is InChI=1S/C10H11ClFN/c11-6-3-7-13-8-9-4-1-2-5-10(9)12/h1-6,13H,7-8H2/b6-3+. The molecule has 0 spiro atoms. The quantitative estimate of drug-likeness (QED) is 0.736. The highest BCUT2D eigenvalue weighted by Crippen LogP contribution is 2.04. The highest BCUT2D eigenvalue weighted by molar-refractivity contribution is 6.25. The molecule has 1 nitrogen and oxygen atoms in total. The first-order chi connectivity index (χ1) is 6.34. The molecular weight excluding hydrogens is 189 g/mol. The number of nitrogens with one attached hydrogen (secondary N) is 1. The molecular formula is C10H11ClFN. The molecule has 0 fully saturated rings. The van der Waals surface area contributed by atoms with Crippen molar-refractivity contribution in [2.24, 2.45) is 0 Å². The molecule has 0 aliphatic rings. The molecule has 1 N–H and O–H groups in total. The molecule has 0 amide bonds. The van der Waals surface area contributed by atoms with Crippen molar-refractivity contribution in [1.82, 2.24) is 5.32 Å². The predicted molar refractivity (Wildman–Crippen MR) is 53.1 cm³/mol. The molecule has 0 unspecified atom stereocenters. The average Bonchev–Trinajstić information content (AvgIpc) is 2.15. The minimum absolute atomic E-state index is 0.176. The van der Waals surface area contributed by atoms with E-state index in [0.29, 0.717) is 18.7 Å². The van der Waals surface area contributed by atoms with Gasteiger partial charge in [0, 0.05) is 24.2 Å². The van der Waals surface area contributed by atoms with Gasteiger partial charge >= 0.3 is 0 Å². The Kier molecular flexibility index (Phi) is 4.50. The second-order valence-corrected chi connectivity index (χ2v) is 2.84. The van der Waals surface area contributed by atoms with Crippen molar-refractivity contribution in [2.45, 2.75) is 6.54 Å². The van der Waals surface area contributed by atoms with Crippen LogP contribution in [0.15, 0.2) is 35.9 Å². The van der Waals surface area contributed by atoms with Crippen LogP contribution in [-0.4, -0.2) is 6.54 Å². The first kappa shape index (κ1) is 10.2. The zero-order valence-electron chi connectivity index (χ0n) is 7.13. The third-order valence-corrected chi connectivity index (χ3v) is 1.80. The lowest BCUT2D eigenvalue weighted by atomic mass is 10.2. The Hall–Kier alpha value is -0.860. The zero-order valence-corrected chi connectivity index (χ0v) is 7.89. The number of hydrogen-bond acceptors (Lipinski definition) is 1. The monoisotopic (exact) mass is 199 g/mol. The van der Waals surface area contributed by atoms with Crippen LogP contribution in [0, 0.1) is 5.82 Å². The van der Waals surface area contributed by atoms with E-state index in [9.17, 15) is 4.39 Å². The van der Waals surface area contributed by atoms with Crippen LogP contribution in [0.25, 0.3) is 0 Å². The van der Waals surface area contributed by atoms with Gasteiger partial charge in [-0.25, -0.2) is 4.39 Å². The summed E-state index contributed by atoms with van der Waals surface area (Å²) in [5, 5.41) is 3.03. The van der Waals surface area contributed by atoms with Gasteiger partial charge in [-0.15, -0.1) is 0 Å². The summed E-state index contributed by atoms with van der Waals surface area (Å²) in [4.78, 5) is 0. The van der Waals surface area contributed by atoms with Gasteiger partial charge in [-0.05, 0) is 6.07 Å². The van der Waals surface area contributed by atoms with Gasteiger partial charge in [-0.2, -0.15) is 0 Å². The van der Waals surface area contributed by atoms with Crippen LogP contribution in [0.2, 0.25) is 0 Å². The molecule has 0 aromatic heterocycles. The van der Waals surface area contributed by atoms with Crippen molar-refractivity contribution in [1.29, 1.82) is 0 Å². The highest BCUT2D eigenvalue weighted by Gasteiger charge is 1.97. The maximum Gasteiger partial charge on any atom is 0.127 e. The van der Waals surface area contributed by atoms with E-state index in [-0.39, 0.29) is 5.82 Å². The fourth-order valence-corrected chi connectivity index (χ4v) is 1.07. The lowest BCUT2D eigenvalue weighted by Gasteiger charge is -2.02. The Morgan fingerprint density at radius 2 is 2.15 bits per heavy atom. The lowest BCUT2D eigenvalue weighted by Crippen LogP contribution is -2.13. The molecule has 0 aliphatic carbocycles. The van der Waals surface area contributed by atoms with E-state index in [2.05, 4.69) is 5.32 Å². The van der Waals surface area contributed by atoms with E-state index in [1.807, 2.05) is 6.07 Å². The van der Waals surface area contributed by atoms with Crippen molar-refractivity contribution < 1.29 is 4.39 Å². The molecule has 1 aromatic rings. The summed E-state index contributed by atoms with van der Waals surface area (Å²) < 4.78 is 13.0. The van der Waals surface area contributed by atoms with Crippen LogP contribution < -0.4 is 5.32 Å². The maximum atomic E-state index is 13.0. The van der Waals surface area contributed by atoms with Gasteiger partial charge < -0.3 is 5.32 Å². The Labute approximate surface area is 82.2 Å². The van der Waals surface area contributed by atoms with Crippen LogP contribution in [0.5, 0.6) is 0 Å². The summed E-state index contributed by atoms with van der Waals surface area (Å²) >= 11 is 5.32. The third kappa shape index (κ3) is 3.57. The summed E-state index contributed by atoms with van der Waals surface area (Å²) in [6, 6.07) is 6.70. The van der Waals surface area contributed by atoms with E-state index < -0.39 is 0 Å². The fourth-order valence-electron chi connectivity index (χ4n) is 0.976. The minimum Gasteiger partial charge on any atom is -0.309 e. The minimum atomic E-state index is -0.176. The fraction of sp³-hybridized carbons (Fsp3) is 0.200. The molecule has 0 saturated carbocycles. The van der Waals surface area contributed by atoms with Crippen molar-refractivity contribution in [3.05, 3.63) is 47.3 Å². The van der Waals surface area contributed by atoms with Crippen LogP contribution in [0.3, 0.4) is 0 Å². The summed E-state index contributed by atoms with van der Waals surface area (Å²) in [7, 11) is 0. The Morgan fingerprint density at radius 1 is 1.38 bits per heavy atom. The Bertz CT molecular complexity index is 286. The topological polar surface area (TPSA) is 12.0 Å². The molecule has 1 rings (SSSR count). The summed E-state index contributed by atoms with van der Waals surface area (Å²) in [5.74, 6) is -0.176. The van der Waals surface area contributed by atoms with Gasteiger partial charge in [0.05, 0.1) is 0 Å². The third-order valence-electron chi connectivity index (χ3n) is 1.62. The summed E-state index contributed by atoms with van der Waals surface area (Å²) in [5.41, 5.74) is 2.11. The largest absolute Gasteiger partial charge is 0.309 e. The maximum absolute atomic E-state index is 13.0. The van der Waals surface area contributed by atoms with E-state index in [4.69, 9.17) is 11.6 Å². The van der Waals surface area contributed by atoms with E-state index in [1.165, 1.54) is 11.6 Å². The van der Waals surface area contributed by atoms with Crippen molar-refractivity contribution in [2.75, 3.05) is 6.54 Å². The second kappa shape index (κ2) is 5.73. The van der Waals surface area contributed by atoms with Crippen LogP contribution in [0.4, 0.5) is 4.39 Å². The predicted octanol–water partition coefficient (Wildman–Crippen LogP) is 2.67. The van der Waals surface area contributed by atoms with Gasteiger partial charge in [0.2, 0.25) is 0 Å². The number of benzene rings is 1. The summed E-state index contributed by atoms with van der Waals surface area (Å²) in [6.45, 7) is 1.17. The van der Waals surface area contributed by atoms with Gasteiger partial charge in [0.1, 0.15) is 5.82 Å². The molecule has 70 valence electrons. The second-order valence-electron chi connectivity index (χ2n) is 2.58. The number of hydrogen-bond donors (Lipinski definition) is 1. The van der Waals surface area contributed by atoms with Crippen LogP contribution in [-0.2, 0) is 6.54 Å². The number of halogens is 2. The van der Waals surface area contributed by atoms with E-state index in [1.54, 1.807) is 18.2 Å². The van der Waals surface area contributed by atoms with E-state index in [0.717, 1.165) is 0 Å². The SMILES string of the molecule is Fc1ccccc1CNC/C=C/Cl. The van der Waals surface area contributed by atoms with E-state index >= 15 is 0 Å². The summed E-state index contributed by atoms with van der Waals surface area (Å²) in [6.07, 6.45) is 1.77. The van der Waals surface area contributed by atoms with Crippen LogP contribution >= 0.6 is 11.6 Å². The molecule has 0 aliphatic heterocycles. The highest BCUT2D eigenvalue weighted by atomic mass is 35.5. The smallest absolute Gasteiger partial charge is 0.127 e. The molecule has 0 atom stereocenters. The molecule has 13 heavy (non-hydrogen) atoms. The van der Waals surface area contributed by atoms with Crippen molar-refractivity contribution in [3.63, 3.8) is 0 Å². The Balaban J connectivity index is 2.41. The molecule has 0 radical (unpaired) electrons. The van der Waals surface area contributed by atoms with Gasteiger partial charge in [-0.1, -0.05) is 35.9 Å². The van der Waals surface area contributed by atoms with Crippen LogP contribution in [0.1, 0.15) is 5.56 Å². The lowest BCUT2D eigenvalue weighted by molar-refractivity contribution is 0.597. The first-order valence-electron chi connectivity index (χ1n) is 4.04. The number of rotatable bonds is 4. The normalized spacial score (nSPS) is 10.9. The van der Waals surface area contributed by atoms with Gasteiger partial charge in [-0.3, -0.25) is 0 Å². The molecule has 0 saturated heterocycles. The van der Waals surface area contributed by atoms with Gasteiger partial charge in [0.25, 0.3) is 0 Å². The Morgan fingerprint density at radius 3 is 2.85 bits per heavy atom. The van der Waals surface area contributed by atoms with Crippen molar-refractivity contribution >= 4 is 11.6 Å². The van der Waals surface area contributed by atoms with Gasteiger partial charge in [0.15, 0.2) is 0 Å². The molecule has 0 heterocycles. The van der Waals surface area contributed by atoms with Crippen molar-refractivity contribution in [3.8, 4) is 0 Å².